The summed E-state index contributed by atoms with van der Waals surface area (Å²) in [5.41, 5.74) is 0.566. The van der Waals surface area contributed by atoms with E-state index in [1.54, 1.807) is 6.92 Å². The molecule has 1 aliphatic rings. The number of sulfone groups is 1. The molecular formula is C15H22ClN3O5S. The Morgan fingerprint density at radius 3 is 2.68 bits per heavy atom. The first kappa shape index (κ1) is 19.7. The monoisotopic (exact) mass is 391 g/mol. The molecule has 140 valence electrons. The summed E-state index contributed by atoms with van der Waals surface area (Å²) in [6.07, 6.45) is 0.370. The molecule has 25 heavy (non-hydrogen) atoms. The van der Waals surface area contributed by atoms with Gasteiger partial charge in [0, 0.05) is 12.6 Å². The van der Waals surface area contributed by atoms with Crippen molar-refractivity contribution in [2.75, 3.05) is 18.1 Å². The van der Waals surface area contributed by atoms with Crippen molar-refractivity contribution in [3.05, 3.63) is 16.4 Å². The normalized spacial score (nSPS) is 19.2. The summed E-state index contributed by atoms with van der Waals surface area (Å²) in [6.45, 7) is 5.70. The van der Waals surface area contributed by atoms with Crippen molar-refractivity contribution in [3.8, 4) is 0 Å². The summed E-state index contributed by atoms with van der Waals surface area (Å²) in [4.78, 5) is 24.0. The second-order valence-corrected chi connectivity index (χ2v) is 9.16. The van der Waals surface area contributed by atoms with Gasteiger partial charge in [0.15, 0.2) is 16.4 Å². The SMILES string of the molecule is Cc1nn(CC(C)C)c(Cl)c1C(=O)OCC(=O)N[C@@H]1CCS(=O)(=O)C1. The van der Waals surface area contributed by atoms with Crippen LogP contribution < -0.4 is 5.32 Å². The van der Waals surface area contributed by atoms with Crippen molar-refractivity contribution in [2.45, 2.75) is 39.8 Å². The van der Waals surface area contributed by atoms with Crippen LogP contribution in [0.2, 0.25) is 5.15 Å². The number of halogens is 1. The Hall–Kier alpha value is -1.61. The first-order chi connectivity index (χ1) is 11.6. The molecule has 2 rings (SSSR count). The molecule has 0 spiro atoms. The molecule has 0 aromatic carbocycles. The van der Waals surface area contributed by atoms with Crippen LogP contribution in [-0.2, 0) is 25.9 Å². The lowest BCUT2D eigenvalue weighted by atomic mass is 10.2. The topological polar surface area (TPSA) is 107 Å². The van der Waals surface area contributed by atoms with E-state index in [4.69, 9.17) is 16.3 Å². The number of amides is 1. The van der Waals surface area contributed by atoms with E-state index in [2.05, 4.69) is 10.4 Å². The quantitative estimate of drug-likeness (QED) is 0.724. The van der Waals surface area contributed by atoms with Gasteiger partial charge in [0.05, 0.1) is 17.2 Å². The highest BCUT2D eigenvalue weighted by atomic mass is 35.5. The van der Waals surface area contributed by atoms with Gasteiger partial charge in [0.1, 0.15) is 10.7 Å². The fourth-order valence-corrected chi connectivity index (χ4v) is 4.63. The highest BCUT2D eigenvalue weighted by Gasteiger charge is 2.29. The molecule has 10 heteroatoms. The number of rotatable bonds is 6. The molecular weight excluding hydrogens is 370 g/mol. The number of nitrogens with one attached hydrogen (secondary N) is 1. The van der Waals surface area contributed by atoms with E-state index in [1.807, 2.05) is 13.8 Å². The lowest BCUT2D eigenvalue weighted by Crippen LogP contribution is -2.38. The van der Waals surface area contributed by atoms with Gasteiger partial charge in [0.25, 0.3) is 5.91 Å². The van der Waals surface area contributed by atoms with E-state index in [0.29, 0.717) is 24.6 Å². The maximum atomic E-state index is 12.2. The van der Waals surface area contributed by atoms with Gasteiger partial charge in [-0.05, 0) is 19.3 Å². The summed E-state index contributed by atoms with van der Waals surface area (Å²) in [7, 11) is -3.08. The van der Waals surface area contributed by atoms with Gasteiger partial charge in [-0.15, -0.1) is 0 Å². The average molecular weight is 392 g/mol. The molecule has 0 unspecified atom stereocenters. The Kier molecular flexibility index (Phi) is 6.10. The summed E-state index contributed by atoms with van der Waals surface area (Å²) in [6, 6.07) is -0.435. The van der Waals surface area contributed by atoms with Crippen LogP contribution in [0.4, 0.5) is 0 Å². The van der Waals surface area contributed by atoms with Crippen LogP contribution in [0.25, 0.3) is 0 Å². The third-order valence-corrected chi connectivity index (χ3v) is 5.89. The standard InChI is InChI=1S/C15H22ClN3O5S/c1-9(2)6-19-14(16)13(10(3)18-19)15(21)24-7-12(20)17-11-4-5-25(22,23)8-11/h9,11H,4-8H2,1-3H3,(H,17,20)/t11-/m1/s1. The zero-order valence-corrected chi connectivity index (χ0v) is 16.0. The van der Waals surface area contributed by atoms with Crippen molar-refractivity contribution in [2.24, 2.45) is 5.92 Å². The minimum atomic E-state index is -3.08. The molecule has 0 radical (unpaired) electrons. The van der Waals surface area contributed by atoms with Gasteiger partial charge in [0.2, 0.25) is 0 Å². The molecule has 1 saturated heterocycles. The van der Waals surface area contributed by atoms with E-state index < -0.39 is 34.4 Å². The van der Waals surface area contributed by atoms with Crippen LogP contribution in [0.15, 0.2) is 0 Å². The summed E-state index contributed by atoms with van der Waals surface area (Å²) in [5.74, 6) is -0.999. The lowest BCUT2D eigenvalue weighted by Gasteiger charge is -2.11. The summed E-state index contributed by atoms with van der Waals surface area (Å²) >= 11 is 6.19. The third-order valence-electron chi connectivity index (χ3n) is 3.74. The van der Waals surface area contributed by atoms with E-state index in [9.17, 15) is 18.0 Å². The molecule has 0 saturated carbocycles. The van der Waals surface area contributed by atoms with Crippen LogP contribution in [0.5, 0.6) is 0 Å². The first-order valence-corrected chi connectivity index (χ1v) is 10.2. The second kappa shape index (κ2) is 7.74. The van der Waals surface area contributed by atoms with Crippen LogP contribution in [0, 0.1) is 12.8 Å². The van der Waals surface area contributed by atoms with Gasteiger partial charge in [-0.2, -0.15) is 5.10 Å². The number of hydrogen-bond donors (Lipinski definition) is 1. The van der Waals surface area contributed by atoms with Crippen molar-refractivity contribution in [1.29, 1.82) is 0 Å². The fourth-order valence-electron chi connectivity index (χ4n) is 2.63. The largest absolute Gasteiger partial charge is 0.452 e. The smallest absolute Gasteiger partial charge is 0.343 e. The molecule has 0 bridgehead atoms. The number of hydrogen-bond acceptors (Lipinski definition) is 6. The van der Waals surface area contributed by atoms with Crippen molar-refractivity contribution in [3.63, 3.8) is 0 Å². The minimum absolute atomic E-state index is 0.0571. The van der Waals surface area contributed by atoms with Gasteiger partial charge >= 0.3 is 5.97 Å². The molecule has 1 aromatic rings. The number of aromatic nitrogens is 2. The number of nitrogens with zero attached hydrogens (tertiary/aromatic N) is 2. The first-order valence-electron chi connectivity index (χ1n) is 7.99. The number of esters is 1. The summed E-state index contributed by atoms with van der Waals surface area (Å²) in [5, 5.41) is 6.95. The van der Waals surface area contributed by atoms with Gasteiger partial charge in [-0.3, -0.25) is 9.48 Å². The second-order valence-electron chi connectivity index (χ2n) is 6.57. The molecule has 8 nitrogen and oxygen atoms in total. The van der Waals surface area contributed by atoms with Crippen LogP contribution >= 0.6 is 11.6 Å². The van der Waals surface area contributed by atoms with E-state index in [0.717, 1.165) is 0 Å². The van der Waals surface area contributed by atoms with E-state index >= 15 is 0 Å². The predicted octanol–water partition coefficient (Wildman–Crippen LogP) is 0.961. The predicted molar refractivity (Wildman–Crippen MR) is 92.3 cm³/mol. The average Bonchev–Trinajstić information content (AvgIpc) is 2.95. The van der Waals surface area contributed by atoms with Gasteiger partial charge in [-0.1, -0.05) is 25.4 Å². The Morgan fingerprint density at radius 2 is 2.12 bits per heavy atom. The minimum Gasteiger partial charge on any atom is -0.452 e. The van der Waals surface area contributed by atoms with Crippen LogP contribution in [0.3, 0.4) is 0 Å². The number of carbonyl (C=O) groups excluding carboxylic acids is 2. The molecule has 1 fully saturated rings. The molecule has 1 aliphatic heterocycles. The Labute approximate surface area is 151 Å². The van der Waals surface area contributed by atoms with Gasteiger partial charge in [-0.25, -0.2) is 13.2 Å². The van der Waals surface area contributed by atoms with Crippen molar-refractivity contribution < 1.29 is 22.7 Å². The van der Waals surface area contributed by atoms with Crippen molar-refractivity contribution in [1.82, 2.24) is 15.1 Å². The molecule has 0 aliphatic carbocycles. The number of aryl methyl sites for hydroxylation is 1. The zero-order chi connectivity index (χ0) is 18.8. The van der Waals surface area contributed by atoms with Gasteiger partial charge < -0.3 is 10.1 Å². The highest BCUT2D eigenvalue weighted by molar-refractivity contribution is 7.91. The molecule has 1 N–H and O–H groups in total. The van der Waals surface area contributed by atoms with E-state index in [-0.39, 0.29) is 22.2 Å². The van der Waals surface area contributed by atoms with Crippen LogP contribution in [0.1, 0.15) is 36.3 Å². The molecule has 2 heterocycles. The number of carbonyl (C=O) groups is 2. The molecule has 1 aromatic heterocycles. The fraction of sp³-hybridized carbons (Fsp3) is 0.667. The summed E-state index contributed by atoms with van der Waals surface area (Å²) < 4.78 is 29.3. The van der Waals surface area contributed by atoms with Crippen molar-refractivity contribution >= 4 is 33.3 Å². The number of ether oxygens (including phenoxy) is 1. The lowest BCUT2D eigenvalue weighted by molar-refractivity contribution is -0.124. The highest BCUT2D eigenvalue weighted by Crippen LogP contribution is 2.21. The maximum absolute atomic E-state index is 12.2. The molecule has 1 atom stereocenters. The zero-order valence-electron chi connectivity index (χ0n) is 14.4. The van der Waals surface area contributed by atoms with Crippen LogP contribution in [-0.4, -0.2) is 54.2 Å². The Balaban J connectivity index is 1.92. The Morgan fingerprint density at radius 1 is 1.44 bits per heavy atom. The maximum Gasteiger partial charge on any atom is 0.343 e. The Bertz CT molecular complexity index is 772. The molecule has 1 amide bonds. The third kappa shape index (κ3) is 5.18. The van der Waals surface area contributed by atoms with E-state index in [1.165, 1.54) is 4.68 Å².